The van der Waals surface area contributed by atoms with Crippen LogP contribution in [0.3, 0.4) is 0 Å². The molecule has 0 aromatic rings. The van der Waals surface area contributed by atoms with Gasteiger partial charge >= 0.3 is 0 Å². The molecule has 1 aliphatic rings. The molecule has 1 saturated heterocycles. The van der Waals surface area contributed by atoms with Crippen LogP contribution < -0.4 is 5.32 Å². The molecule has 0 aliphatic carbocycles. The molecule has 0 spiro atoms. The summed E-state index contributed by atoms with van der Waals surface area (Å²) in [6, 6.07) is -1.19. The van der Waals surface area contributed by atoms with Crippen molar-refractivity contribution in [2.75, 3.05) is 13.2 Å². The molecule has 9 atom stereocenters. The number of unbranched alkanes of at least 4 members (excludes halogenated alkanes) is 27. The van der Waals surface area contributed by atoms with E-state index in [1.54, 1.807) is 0 Å². The number of aliphatic hydroxyl groups is 7. The molecule has 1 amide bonds. The number of nitrogens with one attached hydrogen (secondary N) is 1. The van der Waals surface area contributed by atoms with Gasteiger partial charge in [0.25, 0.3) is 0 Å². The molecule has 8 N–H and O–H groups in total. The number of hydrogen-bond acceptors (Lipinski definition) is 10. The van der Waals surface area contributed by atoms with Crippen LogP contribution in [0, 0.1) is 0 Å². The van der Waals surface area contributed by atoms with Gasteiger partial charge in [-0.2, -0.15) is 0 Å². The summed E-state index contributed by atoms with van der Waals surface area (Å²) in [5.41, 5.74) is 0. The molecule has 0 saturated carbocycles. The van der Waals surface area contributed by atoms with E-state index in [0.717, 1.165) is 51.4 Å². The van der Waals surface area contributed by atoms with Crippen LogP contribution in [0.2, 0.25) is 0 Å². The van der Waals surface area contributed by atoms with Crippen LogP contribution in [-0.4, -0.2) is 110 Å². The highest BCUT2D eigenvalue weighted by Crippen LogP contribution is 2.23. The lowest BCUT2D eigenvalue weighted by molar-refractivity contribution is -0.303. The highest BCUT2D eigenvalue weighted by Gasteiger charge is 2.44. The maximum absolute atomic E-state index is 13.1. The Hall–Kier alpha value is -1.41. The molecular weight excluding hydrogens is 787 g/mol. The molecule has 11 heteroatoms. The Balaban J connectivity index is 2.35. The molecule has 1 fully saturated rings. The molecule has 1 heterocycles. The molecule has 0 aromatic heterocycles. The Morgan fingerprint density at radius 3 is 1.42 bits per heavy atom. The molecule has 0 radical (unpaired) electrons. The molecular formula is C51H97NO10. The minimum absolute atomic E-state index is 0.240. The van der Waals surface area contributed by atoms with Crippen molar-refractivity contribution in [1.29, 1.82) is 0 Å². The van der Waals surface area contributed by atoms with Gasteiger partial charge in [0.05, 0.1) is 25.4 Å². The second-order valence-corrected chi connectivity index (χ2v) is 18.2. The number of rotatable bonds is 43. The summed E-state index contributed by atoms with van der Waals surface area (Å²) in [4.78, 5) is 13.1. The first kappa shape index (κ1) is 58.6. The summed E-state index contributed by atoms with van der Waals surface area (Å²) in [5, 5.41) is 75.7. The van der Waals surface area contributed by atoms with E-state index in [-0.39, 0.29) is 12.8 Å². The van der Waals surface area contributed by atoms with Crippen molar-refractivity contribution < 1.29 is 50.0 Å². The van der Waals surface area contributed by atoms with E-state index in [0.29, 0.717) is 12.8 Å². The van der Waals surface area contributed by atoms with Gasteiger partial charge in [-0.05, 0) is 64.2 Å². The van der Waals surface area contributed by atoms with Gasteiger partial charge in [0.2, 0.25) is 5.91 Å². The van der Waals surface area contributed by atoms with Crippen molar-refractivity contribution in [3.63, 3.8) is 0 Å². The number of carbonyl (C=O) groups excluding carboxylic acids is 1. The Labute approximate surface area is 378 Å². The fourth-order valence-corrected chi connectivity index (χ4v) is 8.20. The Morgan fingerprint density at radius 1 is 0.548 bits per heavy atom. The second-order valence-electron chi connectivity index (χ2n) is 18.2. The first-order valence-corrected chi connectivity index (χ1v) is 25.7. The zero-order chi connectivity index (χ0) is 45.5. The fraction of sp³-hybridized carbons (Fsp3) is 0.902. The van der Waals surface area contributed by atoms with E-state index in [1.165, 1.54) is 135 Å². The van der Waals surface area contributed by atoms with Gasteiger partial charge in [0, 0.05) is 0 Å². The zero-order valence-corrected chi connectivity index (χ0v) is 39.6. The molecule has 62 heavy (non-hydrogen) atoms. The molecule has 0 aromatic carbocycles. The minimum Gasteiger partial charge on any atom is -0.394 e. The van der Waals surface area contributed by atoms with Gasteiger partial charge in [0.1, 0.15) is 36.6 Å². The second kappa shape index (κ2) is 41.1. The summed E-state index contributed by atoms with van der Waals surface area (Å²) in [5.74, 6) is -0.716. The first-order chi connectivity index (χ1) is 30.2. The van der Waals surface area contributed by atoms with Crippen molar-refractivity contribution in [2.45, 2.75) is 281 Å². The van der Waals surface area contributed by atoms with E-state index in [2.05, 4.69) is 43.5 Å². The highest BCUT2D eigenvalue weighted by molar-refractivity contribution is 5.80. The van der Waals surface area contributed by atoms with Gasteiger partial charge in [-0.1, -0.05) is 186 Å². The lowest BCUT2D eigenvalue weighted by Gasteiger charge is -2.40. The number of carbonyl (C=O) groups is 1. The van der Waals surface area contributed by atoms with Crippen LogP contribution >= 0.6 is 0 Å². The highest BCUT2D eigenvalue weighted by atomic mass is 16.7. The molecule has 1 aliphatic heterocycles. The molecule has 11 nitrogen and oxygen atoms in total. The summed E-state index contributed by atoms with van der Waals surface area (Å²) in [6.07, 6.45) is 35.3. The van der Waals surface area contributed by atoms with Crippen LogP contribution in [0.5, 0.6) is 0 Å². The van der Waals surface area contributed by atoms with Crippen LogP contribution in [0.15, 0.2) is 24.3 Å². The smallest absolute Gasteiger partial charge is 0.249 e. The average Bonchev–Trinajstić information content (AvgIpc) is 3.27. The third kappa shape index (κ3) is 29.9. The SMILES string of the molecule is CCCCC/C=C\CCCCCCC(O)C(=O)NC(COC1OC(CO)C(O)C(O)C1O)C(O)C(O)CCC/C=C/CCCCCCCCCCCCCCCCCCCCC. The lowest BCUT2D eigenvalue weighted by atomic mass is 9.98. The largest absolute Gasteiger partial charge is 0.394 e. The van der Waals surface area contributed by atoms with E-state index >= 15 is 0 Å². The number of ether oxygens (including phenoxy) is 2. The first-order valence-electron chi connectivity index (χ1n) is 25.7. The quantitative estimate of drug-likeness (QED) is 0.0216. The summed E-state index contributed by atoms with van der Waals surface area (Å²) >= 11 is 0. The van der Waals surface area contributed by atoms with E-state index in [1.807, 2.05) is 0 Å². The monoisotopic (exact) mass is 884 g/mol. The number of amides is 1. The predicted octanol–water partition coefficient (Wildman–Crippen LogP) is 9.40. The third-order valence-electron chi connectivity index (χ3n) is 12.5. The van der Waals surface area contributed by atoms with Crippen LogP contribution in [0.25, 0.3) is 0 Å². The molecule has 0 bridgehead atoms. The topological polar surface area (TPSA) is 189 Å². The van der Waals surface area contributed by atoms with Crippen molar-refractivity contribution in [3.8, 4) is 0 Å². The number of hydrogen-bond donors (Lipinski definition) is 8. The summed E-state index contributed by atoms with van der Waals surface area (Å²) < 4.78 is 11.1. The Bertz CT molecular complexity index is 1060. The van der Waals surface area contributed by atoms with Gasteiger partial charge in [-0.15, -0.1) is 0 Å². The van der Waals surface area contributed by atoms with Crippen molar-refractivity contribution in [3.05, 3.63) is 24.3 Å². The zero-order valence-electron chi connectivity index (χ0n) is 39.6. The summed E-state index contributed by atoms with van der Waals surface area (Å²) in [7, 11) is 0. The van der Waals surface area contributed by atoms with Crippen LogP contribution in [0.1, 0.15) is 226 Å². The normalized spacial score (nSPS) is 21.5. The van der Waals surface area contributed by atoms with Crippen LogP contribution in [-0.2, 0) is 14.3 Å². The number of aliphatic hydroxyl groups excluding tert-OH is 7. The van der Waals surface area contributed by atoms with E-state index in [4.69, 9.17) is 9.47 Å². The van der Waals surface area contributed by atoms with Crippen LogP contribution in [0.4, 0.5) is 0 Å². The van der Waals surface area contributed by atoms with E-state index in [9.17, 15) is 40.5 Å². The maximum atomic E-state index is 13.1. The maximum Gasteiger partial charge on any atom is 0.249 e. The third-order valence-corrected chi connectivity index (χ3v) is 12.5. The molecule has 1 rings (SSSR count). The standard InChI is InChI=1S/C51H97NO10/c1-3-5-7-9-11-13-15-16-17-18-19-20-21-22-23-24-25-26-27-29-30-32-34-36-38-43(54)46(56)42(41-61-51-49(59)48(58)47(57)45(40-53)62-51)52-50(60)44(55)39-37-35-33-31-28-14-12-10-8-6-4-2/h12,14,30,32,42-49,51,53-59H,3-11,13,15-29,31,33-41H2,1-2H3,(H,52,60)/b14-12-,32-30+. The van der Waals surface area contributed by atoms with E-state index < -0.39 is 74.2 Å². The van der Waals surface area contributed by atoms with Gasteiger partial charge in [0.15, 0.2) is 6.29 Å². The molecule has 9 unspecified atom stereocenters. The van der Waals surface area contributed by atoms with Gasteiger partial charge in [-0.3, -0.25) is 4.79 Å². The summed E-state index contributed by atoms with van der Waals surface area (Å²) in [6.45, 7) is 3.40. The molecule has 366 valence electrons. The Morgan fingerprint density at radius 2 is 0.952 bits per heavy atom. The minimum atomic E-state index is -1.67. The van der Waals surface area contributed by atoms with Gasteiger partial charge < -0.3 is 50.5 Å². The van der Waals surface area contributed by atoms with Gasteiger partial charge in [-0.25, -0.2) is 0 Å². The predicted molar refractivity (Wildman–Crippen MR) is 252 cm³/mol. The average molecular weight is 884 g/mol. The van der Waals surface area contributed by atoms with Crippen molar-refractivity contribution >= 4 is 5.91 Å². The van der Waals surface area contributed by atoms with Crippen molar-refractivity contribution in [2.24, 2.45) is 0 Å². The number of allylic oxidation sites excluding steroid dienone is 4. The Kier molecular flexibility index (Phi) is 38.8. The lowest BCUT2D eigenvalue weighted by Crippen LogP contribution is -2.60. The van der Waals surface area contributed by atoms with Crippen molar-refractivity contribution in [1.82, 2.24) is 5.32 Å². The fourth-order valence-electron chi connectivity index (χ4n) is 8.20.